The van der Waals surface area contributed by atoms with Crippen LogP contribution in [0.15, 0.2) is 17.3 Å². The van der Waals surface area contributed by atoms with Crippen molar-refractivity contribution in [1.82, 2.24) is 4.98 Å². The molecular formula is C11H14N2. The molecule has 1 aliphatic rings. The molecular weight excluding hydrogens is 160 g/mol. The van der Waals surface area contributed by atoms with Crippen LogP contribution in [0.25, 0.3) is 6.08 Å². The molecule has 0 radical (unpaired) electrons. The summed E-state index contributed by atoms with van der Waals surface area (Å²) in [7, 11) is 0. The Morgan fingerprint density at radius 3 is 2.77 bits per heavy atom. The Labute approximate surface area is 78.0 Å². The Hall–Kier alpha value is -1.18. The second-order valence-corrected chi connectivity index (χ2v) is 4.42. The molecule has 0 unspecified atom stereocenters. The molecule has 2 nitrogen and oxygen atoms in total. The van der Waals surface area contributed by atoms with Crippen LogP contribution in [0, 0.1) is 0 Å². The minimum atomic E-state index is 0.167. The Balaban J connectivity index is 2.62. The summed E-state index contributed by atoms with van der Waals surface area (Å²) in [5.41, 5.74) is 1.42. The van der Waals surface area contributed by atoms with Crippen molar-refractivity contribution < 1.29 is 0 Å². The topological polar surface area (TPSA) is 25.2 Å². The first-order valence-corrected chi connectivity index (χ1v) is 4.58. The van der Waals surface area contributed by atoms with Gasteiger partial charge in [-0.15, -0.1) is 0 Å². The molecule has 0 spiro atoms. The minimum Gasteiger partial charge on any atom is -0.279 e. The lowest BCUT2D eigenvalue weighted by atomic mass is 9.88. The molecule has 1 aromatic rings. The van der Waals surface area contributed by atoms with Gasteiger partial charge in [0.1, 0.15) is 0 Å². The van der Waals surface area contributed by atoms with E-state index in [0.29, 0.717) is 0 Å². The molecule has 0 saturated heterocycles. The van der Waals surface area contributed by atoms with Crippen molar-refractivity contribution in [2.24, 2.45) is 4.99 Å². The molecule has 0 atom stereocenters. The largest absolute Gasteiger partial charge is 0.279 e. The number of fused-ring (bicyclic) bond motifs is 1. The quantitative estimate of drug-likeness (QED) is 0.571. The molecule has 0 bridgehead atoms. The highest BCUT2D eigenvalue weighted by atomic mass is 14.8. The van der Waals surface area contributed by atoms with Gasteiger partial charge in [-0.05, 0) is 23.1 Å². The van der Waals surface area contributed by atoms with Gasteiger partial charge in [-0.3, -0.25) is 9.98 Å². The van der Waals surface area contributed by atoms with Gasteiger partial charge < -0.3 is 0 Å². The molecule has 0 saturated carbocycles. The molecule has 2 heterocycles. The summed E-state index contributed by atoms with van der Waals surface area (Å²) in [5.74, 6) is 0. The third-order valence-electron chi connectivity index (χ3n) is 2.31. The lowest BCUT2D eigenvalue weighted by molar-refractivity contribution is 0.586. The van der Waals surface area contributed by atoms with Gasteiger partial charge in [-0.2, -0.15) is 0 Å². The van der Waals surface area contributed by atoms with Gasteiger partial charge >= 0.3 is 0 Å². The maximum Gasteiger partial charge on any atom is 0.0860 e. The summed E-state index contributed by atoms with van der Waals surface area (Å²) in [6.45, 7) is 7.36. The van der Waals surface area contributed by atoms with Crippen molar-refractivity contribution in [3.05, 3.63) is 28.5 Å². The van der Waals surface area contributed by atoms with Gasteiger partial charge in [0.05, 0.1) is 17.3 Å². The Morgan fingerprint density at radius 2 is 2.08 bits per heavy atom. The van der Waals surface area contributed by atoms with E-state index in [-0.39, 0.29) is 5.41 Å². The van der Waals surface area contributed by atoms with Crippen molar-refractivity contribution in [2.75, 3.05) is 6.54 Å². The Bertz CT molecular complexity index is 438. The predicted octanol–water partition coefficient (Wildman–Crippen LogP) is 0.793. The van der Waals surface area contributed by atoms with Gasteiger partial charge in [0.15, 0.2) is 0 Å². The monoisotopic (exact) mass is 174 g/mol. The van der Waals surface area contributed by atoms with Crippen LogP contribution >= 0.6 is 0 Å². The number of hydrogen-bond acceptors (Lipinski definition) is 2. The molecule has 0 aromatic carbocycles. The van der Waals surface area contributed by atoms with Crippen LogP contribution in [0.4, 0.5) is 0 Å². The van der Waals surface area contributed by atoms with Crippen LogP contribution in [-0.4, -0.2) is 11.5 Å². The van der Waals surface area contributed by atoms with E-state index in [0.717, 1.165) is 17.3 Å². The average Bonchev–Trinajstić information content (AvgIpc) is 2.47. The molecule has 2 rings (SSSR count). The summed E-state index contributed by atoms with van der Waals surface area (Å²) in [6.07, 6.45) is 4.01. The summed E-state index contributed by atoms with van der Waals surface area (Å²) in [5, 5.41) is 2.08. The maximum atomic E-state index is 4.38. The highest BCUT2D eigenvalue weighted by Gasteiger charge is 2.14. The van der Waals surface area contributed by atoms with Crippen molar-refractivity contribution >= 4 is 6.08 Å². The fourth-order valence-electron chi connectivity index (χ4n) is 1.39. The molecule has 68 valence electrons. The van der Waals surface area contributed by atoms with Crippen molar-refractivity contribution in [2.45, 2.75) is 26.2 Å². The number of aromatic nitrogens is 1. The van der Waals surface area contributed by atoms with Gasteiger partial charge in [0.2, 0.25) is 0 Å². The van der Waals surface area contributed by atoms with Crippen LogP contribution in [0.1, 0.15) is 26.3 Å². The standard InChI is InChI=1S/C11H14N2/c1-11(2,3)8-6-10-9(13-7-8)4-5-12-10/h4,6-7H,5H2,1-3H3. The van der Waals surface area contributed by atoms with E-state index >= 15 is 0 Å². The molecule has 0 N–H and O–H groups in total. The minimum absolute atomic E-state index is 0.167. The summed E-state index contributed by atoms with van der Waals surface area (Å²) >= 11 is 0. The lowest BCUT2D eigenvalue weighted by Gasteiger charge is -2.17. The predicted molar refractivity (Wildman–Crippen MR) is 53.1 cm³/mol. The Morgan fingerprint density at radius 1 is 1.31 bits per heavy atom. The smallest absolute Gasteiger partial charge is 0.0860 e. The highest BCUT2D eigenvalue weighted by Crippen LogP contribution is 2.18. The van der Waals surface area contributed by atoms with Crippen LogP contribution in [0.3, 0.4) is 0 Å². The van der Waals surface area contributed by atoms with Gasteiger partial charge in [-0.25, -0.2) is 0 Å². The molecule has 0 aliphatic carbocycles. The third kappa shape index (κ3) is 1.48. The number of hydrogen-bond donors (Lipinski definition) is 0. The summed E-state index contributed by atoms with van der Waals surface area (Å²) in [4.78, 5) is 8.73. The zero-order chi connectivity index (χ0) is 9.47. The van der Waals surface area contributed by atoms with E-state index < -0.39 is 0 Å². The second kappa shape index (κ2) is 2.66. The van der Waals surface area contributed by atoms with E-state index in [1.807, 2.05) is 6.20 Å². The van der Waals surface area contributed by atoms with Gasteiger partial charge in [-0.1, -0.05) is 20.8 Å². The fraction of sp³-hybridized carbons (Fsp3) is 0.455. The SMILES string of the molecule is CC(C)(C)c1cnc2c(c1)=NCC=2. The molecule has 1 aromatic heterocycles. The first kappa shape index (κ1) is 8.42. The van der Waals surface area contributed by atoms with Crippen molar-refractivity contribution in [1.29, 1.82) is 0 Å². The van der Waals surface area contributed by atoms with Crippen LogP contribution in [0.2, 0.25) is 0 Å². The average molecular weight is 174 g/mol. The molecule has 1 aliphatic heterocycles. The van der Waals surface area contributed by atoms with E-state index in [1.165, 1.54) is 5.56 Å². The molecule has 0 amide bonds. The van der Waals surface area contributed by atoms with Gasteiger partial charge in [0, 0.05) is 6.20 Å². The molecule has 0 fully saturated rings. The van der Waals surface area contributed by atoms with Crippen molar-refractivity contribution in [3.8, 4) is 0 Å². The van der Waals surface area contributed by atoms with Crippen molar-refractivity contribution in [3.63, 3.8) is 0 Å². The molecule has 13 heavy (non-hydrogen) atoms. The van der Waals surface area contributed by atoms with E-state index in [9.17, 15) is 0 Å². The first-order valence-electron chi connectivity index (χ1n) is 4.58. The summed E-state index contributed by atoms with van der Waals surface area (Å²) < 4.78 is 0. The third-order valence-corrected chi connectivity index (χ3v) is 2.31. The van der Waals surface area contributed by atoms with Crippen LogP contribution in [0.5, 0.6) is 0 Å². The Kier molecular flexibility index (Phi) is 1.72. The van der Waals surface area contributed by atoms with E-state index in [4.69, 9.17) is 0 Å². The van der Waals surface area contributed by atoms with Crippen LogP contribution in [-0.2, 0) is 5.41 Å². The number of pyridine rings is 1. The first-order chi connectivity index (χ1) is 6.07. The summed E-state index contributed by atoms with van der Waals surface area (Å²) in [6, 6.07) is 2.14. The van der Waals surface area contributed by atoms with Gasteiger partial charge in [0.25, 0.3) is 0 Å². The number of rotatable bonds is 0. The van der Waals surface area contributed by atoms with E-state index in [1.54, 1.807) is 0 Å². The lowest BCUT2D eigenvalue weighted by Crippen LogP contribution is -2.28. The number of nitrogens with zero attached hydrogens (tertiary/aromatic N) is 2. The fourth-order valence-corrected chi connectivity index (χ4v) is 1.39. The normalized spacial score (nSPS) is 14.7. The zero-order valence-electron chi connectivity index (χ0n) is 8.33. The molecule has 2 heteroatoms. The highest BCUT2D eigenvalue weighted by molar-refractivity contribution is 5.28. The second-order valence-electron chi connectivity index (χ2n) is 4.42. The van der Waals surface area contributed by atoms with Crippen LogP contribution < -0.4 is 10.7 Å². The maximum absolute atomic E-state index is 4.38. The van der Waals surface area contributed by atoms with E-state index in [2.05, 4.69) is 42.9 Å². The zero-order valence-corrected chi connectivity index (χ0v) is 8.33.